The van der Waals surface area contributed by atoms with Crippen LogP contribution in [-0.4, -0.2) is 28.9 Å². The molecular formula is C13H20N4O. The normalized spacial score (nSPS) is 20.6. The molecule has 98 valence electrons. The van der Waals surface area contributed by atoms with Gasteiger partial charge in [0.25, 0.3) is 0 Å². The first-order valence-corrected chi connectivity index (χ1v) is 6.44. The molecule has 18 heavy (non-hydrogen) atoms. The number of hydrogen-bond donors (Lipinski definition) is 2. The van der Waals surface area contributed by atoms with Crippen LogP contribution >= 0.6 is 0 Å². The van der Waals surface area contributed by atoms with Gasteiger partial charge in [0.15, 0.2) is 0 Å². The number of likely N-dealkylation sites (tertiary alicyclic amines) is 1. The lowest BCUT2D eigenvalue weighted by molar-refractivity contribution is -0.121. The van der Waals surface area contributed by atoms with E-state index in [2.05, 4.69) is 21.4 Å². The lowest BCUT2D eigenvalue weighted by atomic mass is 9.96. The Morgan fingerprint density at radius 2 is 2.44 bits per heavy atom. The fraction of sp³-hybridized carbons (Fsp3) is 0.538. The molecule has 1 aromatic rings. The highest BCUT2D eigenvalue weighted by atomic mass is 16.2. The van der Waals surface area contributed by atoms with Gasteiger partial charge in [-0.2, -0.15) is 0 Å². The molecule has 0 saturated carbocycles. The van der Waals surface area contributed by atoms with Crippen molar-refractivity contribution in [2.75, 3.05) is 13.1 Å². The van der Waals surface area contributed by atoms with E-state index in [4.69, 9.17) is 5.84 Å². The largest absolute Gasteiger partial charge is 0.296 e. The summed E-state index contributed by atoms with van der Waals surface area (Å²) in [5.74, 6) is 5.00. The lowest BCUT2D eigenvalue weighted by Gasteiger charge is -2.35. The number of carbonyl (C=O) groups excluding carboxylic acids is 1. The summed E-state index contributed by atoms with van der Waals surface area (Å²) in [4.78, 5) is 17.8. The van der Waals surface area contributed by atoms with E-state index in [9.17, 15) is 4.79 Å². The molecule has 5 heteroatoms. The van der Waals surface area contributed by atoms with Gasteiger partial charge in [-0.1, -0.05) is 12.5 Å². The van der Waals surface area contributed by atoms with Crippen molar-refractivity contribution in [1.29, 1.82) is 0 Å². The smallest absolute Gasteiger partial charge is 0.235 e. The topological polar surface area (TPSA) is 71.2 Å². The Bertz CT molecular complexity index is 382. The van der Waals surface area contributed by atoms with Crippen LogP contribution in [0.4, 0.5) is 0 Å². The third-order valence-electron chi connectivity index (χ3n) is 3.47. The maximum Gasteiger partial charge on any atom is 0.235 e. The van der Waals surface area contributed by atoms with Gasteiger partial charge in [0.1, 0.15) is 0 Å². The summed E-state index contributed by atoms with van der Waals surface area (Å²) in [6.07, 6.45) is 7.73. The fourth-order valence-corrected chi connectivity index (χ4v) is 2.53. The van der Waals surface area contributed by atoms with Gasteiger partial charge < -0.3 is 0 Å². The molecule has 1 unspecified atom stereocenters. The number of nitrogens with one attached hydrogen (secondary N) is 1. The third-order valence-corrected chi connectivity index (χ3v) is 3.47. The van der Waals surface area contributed by atoms with E-state index in [1.807, 2.05) is 12.3 Å². The van der Waals surface area contributed by atoms with Crippen LogP contribution in [0.15, 0.2) is 24.5 Å². The molecule has 1 amide bonds. The molecule has 3 N–H and O–H groups in total. The summed E-state index contributed by atoms with van der Waals surface area (Å²) >= 11 is 0. The number of nitrogens with two attached hydrogens (primary N) is 1. The molecule has 0 aromatic carbocycles. The van der Waals surface area contributed by atoms with E-state index < -0.39 is 0 Å². The Morgan fingerprint density at radius 1 is 1.56 bits per heavy atom. The van der Waals surface area contributed by atoms with E-state index in [-0.39, 0.29) is 5.91 Å². The number of rotatable bonds is 4. The van der Waals surface area contributed by atoms with E-state index in [1.165, 1.54) is 18.4 Å². The van der Waals surface area contributed by atoms with E-state index >= 15 is 0 Å². The van der Waals surface area contributed by atoms with Crippen molar-refractivity contribution in [2.24, 2.45) is 5.84 Å². The average Bonchev–Trinajstić information content (AvgIpc) is 2.46. The Morgan fingerprint density at radius 3 is 3.17 bits per heavy atom. The minimum Gasteiger partial charge on any atom is -0.296 e. The second-order valence-corrected chi connectivity index (χ2v) is 4.65. The number of amides is 1. The van der Waals surface area contributed by atoms with Crippen molar-refractivity contribution in [3.05, 3.63) is 30.1 Å². The Hall–Kier alpha value is -1.46. The number of nitrogens with zero attached hydrogens (tertiary/aromatic N) is 2. The summed E-state index contributed by atoms with van der Waals surface area (Å²) in [7, 11) is 0. The zero-order chi connectivity index (χ0) is 12.8. The standard InChI is InChI=1S/C13H20N4O/c14-16-13(18)6-9-17-8-2-1-5-12(17)11-4-3-7-15-10-11/h3-4,7,10,12H,1-2,5-6,8-9,14H2,(H,16,18). The van der Waals surface area contributed by atoms with Crippen LogP contribution in [-0.2, 0) is 4.79 Å². The number of piperidine rings is 1. The van der Waals surface area contributed by atoms with Crippen LogP contribution < -0.4 is 11.3 Å². The number of carbonyl (C=O) groups is 1. The molecule has 1 aliphatic heterocycles. The second-order valence-electron chi connectivity index (χ2n) is 4.65. The van der Waals surface area contributed by atoms with Gasteiger partial charge in [-0.25, -0.2) is 5.84 Å². The van der Waals surface area contributed by atoms with E-state index in [0.29, 0.717) is 12.5 Å². The van der Waals surface area contributed by atoms with Gasteiger partial charge in [0, 0.05) is 31.4 Å². The van der Waals surface area contributed by atoms with Crippen molar-refractivity contribution in [3.63, 3.8) is 0 Å². The minimum absolute atomic E-state index is 0.106. The van der Waals surface area contributed by atoms with Crippen molar-refractivity contribution >= 4 is 5.91 Å². The van der Waals surface area contributed by atoms with Crippen LogP contribution in [0, 0.1) is 0 Å². The van der Waals surface area contributed by atoms with Gasteiger partial charge in [-0.3, -0.25) is 20.1 Å². The highest BCUT2D eigenvalue weighted by molar-refractivity contribution is 5.75. The predicted octanol–water partition coefficient (Wildman–Crippen LogP) is 0.989. The van der Waals surface area contributed by atoms with Crippen LogP contribution in [0.25, 0.3) is 0 Å². The molecule has 1 saturated heterocycles. The van der Waals surface area contributed by atoms with Crippen LogP contribution in [0.1, 0.15) is 37.3 Å². The highest BCUT2D eigenvalue weighted by Gasteiger charge is 2.24. The van der Waals surface area contributed by atoms with Gasteiger partial charge in [-0.05, 0) is 31.0 Å². The summed E-state index contributed by atoms with van der Waals surface area (Å²) in [5, 5.41) is 0. The Kier molecular flexibility index (Phi) is 4.66. The second kappa shape index (κ2) is 6.47. The van der Waals surface area contributed by atoms with Crippen molar-refractivity contribution in [3.8, 4) is 0 Å². The maximum absolute atomic E-state index is 11.2. The molecule has 1 aromatic heterocycles. The first-order valence-electron chi connectivity index (χ1n) is 6.44. The molecule has 0 aliphatic carbocycles. The highest BCUT2D eigenvalue weighted by Crippen LogP contribution is 2.30. The van der Waals surface area contributed by atoms with Gasteiger partial charge in [0.05, 0.1) is 0 Å². The Balaban J connectivity index is 2.00. The summed E-state index contributed by atoms with van der Waals surface area (Å²) in [6.45, 7) is 1.79. The summed E-state index contributed by atoms with van der Waals surface area (Å²) < 4.78 is 0. The summed E-state index contributed by atoms with van der Waals surface area (Å²) in [6, 6.07) is 4.46. The van der Waals surface area contributed by atoms with Gasteiger partial charge in [-0.15, -0.1) is 0 Å². The minimum atomic E-state index is -0.106. The number of aromatic nitrogens is 1. The van der Waals surface area contributed by atoms with Crippen LogP contribution in [0.5, 0.6) is 0 Å². The first kappa shape index (κ1) is 13.0. The number of pyridine rings is 1. The maximum atomic E-state index is 11.2. The van der Waals surface area contributed by atoms with Crippen molar-refractivity contribution in [1.82, 2.24) is 15.3 Å². The molecule has 0 spiro atoms. The molecule has 2 rings (SSSR count). The van der Waals surface area contributed by atoms with Crippen LogP contribution in [0.3, 0.4) is 0 Å². The molecule has 1 aliphatic rings. The molecule has 1 fully saturated rings. The number of hydrazine groups is 1. The van der Waals surface area contributed by atoms with Crippen molar-refractivity contribution in [2.45, 2.75) is 31.7 Å². The van der Waals surface area contributed by atoms with E-state index in [0.717, 1.165) is 19.5 Å². The SMILES string of the molecule is NNC(=O)CCN1CCCCC1c1cccnc1. The zero-order valence-electron chi connectivity index (χ0n) is 10.5. The van der Waals surface area contributed by atoms with Gasteiger partial charge in [0.2, 0.25) is 5.91 Å². The molecule has 5 nitrogen and oxygen atoms in total. The lowest BCUT2D eigenvalue weighted by Crippen LogP contribution is -2.38. The third kappa shape index (κ3) is 3.27. The molecular weight excluding hydrogens is 228 g/mol. The first-order chi connectivity index (χ1) is 8.81. The molecule has 2 heterocycles. The van der Waals surface area contributed by atoms with Crippen LogP contribution in [0.2, 0.25) is 0 Å². The zero-order valence-corrected chi connectivity index (χ0v) is 10.5. The molecule has 0 radical (unpaired) electrons. The summed E-state index contributed by atoms with van der Waals surface area (Å²) in [5.41, 5.74) is 3.42. The Labute approximate surface area is 107 Å². The quantitative estimate of drug-likeness (QED) is 0.473. The monoisotopic (exact) mass is 248 g/mol. The average molecular weight is 248 g/mol. The fourth-order valence-electron chi connectivity index (χ4n) is 2.53. The van der Waals surface area contributed by atoms with Gasteiger partial charge >= 0.3 is 0 Å². The molecule has 0 bridgehead atoms. The molecule has 1 atom stereocenters. The van der Waals surface area contributed by atoms with E-state index in [1.54, 1.807) is 6.20 Å². The predicted molar refractivity (Wildman–Crippen MR) is 69.3 cm³/mol. The van der Waals surface area contributed by atoms with Crippen molar-refractivity contribution < 1.29 is 4.79 Å². The number of hydrogen-bond acceptors (Lipinski definition) is 4.